The van der Waals surface area contributed by atoms with E-state index in [0.717, 1.165) is 0 Å². The Hall–Kier alpha value is -2.40. The minimum Gasteiger partial charge on any atom is -0.507 e. The molecule has 0 radical (unpaired) electrons. The number of aromatic carboxylic acids is 2. The van der Waals surface area contributed by atoms with Crippen LogP contribution in [0.4, 0.5) is 0 Å². The molecule has 2 aromatic carbocycles. The summed E-state index contributed by atoms with van der Waals surface area (Å²) in [5.74, 6) is -2.52. The van der Waals surface area contributed by atoms with Gasteiger partial charge in [-0.25, -0.2) is 9.59 Å². The third kappa shape index (κ3) is 5.38. The minimum atomic E-state index is -1.11. The molecule has 2 rings (SSSR count). The standard InChI is InChI=1S/2C8H8O3.Zn/c2*1-5-3-2-4-6(7(5)9)8(10)11;/h2*2-4,9H,1H3,(H,10,11);. The molecule has 0 saturated carbocycles. The number of aryl methyl sites for hydroxylation is 2. The molecule has 0 bridgehead atoms. The van der Waals surface area contributed by atoms with Crippen LogP contribution < -0.4 is 0 Å². The summed E-state index contributed by atoms with van der Waals surface area (Å²) in [7, 11) is 0. The molecule has 6 nitrogen and oxygen atoms in total. The van der Waals surface area contributed by atoms with Crippen LogP contribution in [-0.2, 0) is 19.5 Å². The molecular weight excluding hydrogens is 354 g/mol. The Bertz CT molecular complexity index is 650. The van der Waals surface area contributed by atoms with Gasteiger partial charge >= 0.3 is 11.9 Å². The molecule has 7 heteroatoms. The third-order valence-corrected chi connectivity index (χ3v) is 2.94. The Balaban J connectivity index is 0.000000403. The average Bonchev–Trinajstić information content (AvgIpc) is 2.45. The maximum atomic E-state index is 10.4. The SMILES string of the molecule is Cc1cccc(C(=O)O)c1O.Cc1cccc(C(=O)O)c1O.[Zn]. The Morgan fingerprint density at radius 2 is 1.04 bits per heavy atom. The van der Waals surface area contributed by atoms with E-state index in [4.69, 9.17) is 10.2 Å². The molecule has 4 N–H and O–H groups in total. The van der Waals surface area contributed by atoms with Crippen molar-refractivity contribution < 1.29 is 49.5 Å². The van der Waals surface area contributed by atoms with Crippen molar-refractivity contribution in [2.75, 3.05) is 0 Å². The summed E-state index contributed by atoms with van der Waals surface area (Å²) < 4.78 is 0. The first-order chi connectivity index (χ1) is 10.3. The van der Waals surface area contributed by atoms with Crippen LogP contribution in [-0.4, -0.2) is 32.4 Å². The summed E-state index contributed by atoms with van der Waals surface area (Å²) in [6.07, 6.45) is 0. The zero-order valence-electron chi connectivity index (χ0n) is 12.8. The van der Waals surface area contributed by atoms with Gasteiger partial charge in [0, 0.05) is 19.5 Å². The zero-order valence-corrected chi connectivity index (χ0v) is 15.7. The molecule has 0 aliphatic rings. The first-order valence-corrected chi connectivity index (χ1v) is 6.29. The molecule has 0 unspecified atom stereocenters. The van der Waals surface area contributed by atoms with Crippen molar-refractivity contribution in [2.45, 2.75) is 13.8 Å². The van der Waals surface area contributed by atoms with Crippen molar-refractivity contribution >= 4 is 11.9 Å². The number of carbonyl (C=O) groups is 2. The van der Waals surface area contributed by atoms with Crippen LogP contribution in [0.3, 0.4) is 0 Å². The number of carboxylic acid groups (broad SMARTS) is 2. The van der Waals surface area contributed by atoms with Gasteiger partial charge in [0.25, 0.3) is 0 Å². The summed E-state index contributed by atoms with van der Waals surface area (Å²) in [6.45, 7) is 3.31. The molecule has 0 amide bonds. The monoisotopic (exact) mass is 368 g/mol. The van der Waals surface area contributed by atoms with E-state index in [9.17, 15) is 19.8 Å². The van der Waals surface area contributed by atoms with E-state index in [1.165, 1.54) is 12.1 Å². The van der Waals surface area contributed by atoms with Crippen LogP contribution in [0.15, 0.2) is 36.4 Å². The summed E-state index contributed by atoms with van der Waals surface area (Å²) in [5, 5.41) is 35.4. The summed E-state index contributed by atoms with van der Waals surface area (Å²) in [6, 6.07) is 9.23. The molecule has 0 aliphatic carbocycles. The third-order valence-electron chi connectivity index (χ3n) is 2.94. The number of phenols is 2. The Labute approximate surface area is 145 Å². The van der Waals surface area contributed by atoms with Gasteiger partial charge in [0.2, 0.25) is 0 Å². The molecule has 0 saturated heterocycles. The van der Waals surface area contributed by atoms with E-state index >= 15 is 0 Å². The van der Waals surface area contributed by atoms with Crippen molar-refractivity contribution in [3.8, 4) is 11.5 Å². The quantitative estimate of drug-likeness (QED) is 0.605. The fourth-order valence-corrected chi connectivity index (χ4v) is 1.66. The number of carboxylic acids is 2. The number of hydrogen-bond donors (Lipinski definition) is 4. The second kappa shape index (κ2) is 8.90. The van der Waals surface area contributed by atoms with Crippen LogP contribution in [0.1, 0.15) is 31.8 Å². The van der Waals surface area contributed by atoms with Crippen molar-refractivity contribution in [3.63, 3.8) is 0 Å². The van der Waals surface area contributed by atoms with Crippen molar-refractivity contribution in [3.05, 3.63) is 58.7 Å². The maximum Gasteiger partial charge on any atom is 0.339 e. The molecule has 0 fully saturated rings. The van der Waals surface area contributed by atoms with E-state index in [1.807, 2.05) is 0 Å². The molecule has 118 valence electrons. The van der Waals surface area contributed by atoms with Gasteiger partial charge in [-0.1, -0.05) is 24.3 Å². The topological polar surface area (TPSA) is 115 Å². The predicted octanol–water partition coefficient (Wildman–Crippen LogP) is 2.80. The van der Waals surface area contributed by atoms with Gasteiger partial charge < -0.3 is 20.4 Å². The minimum absolute atomic E-state index is 0. The average molecular weight is 370 g/mol. The molecule has 23 heavy (non-hydrogen) atoms. The van der Waals surface area contributed by atoms with Crippen LogP contribution in [0.25, 0.3) is 0 Å². The van der Waals surface area contributed by atoms with Crippen molar-refractivity contribution in [1.82, 2.24) is 0 Å². The fraction of sp³-hybridized carbons (Fsp3) is 0.125. The number of rotatable bonds is 2. The summed E-state index contributed by atoms with van der Waals surface area (Å²) >= 11 is 0. The van der Waals surface area contributed by atoms with Crippen LogP contribution in [0, 0.1) is 13.8 Å². The molecule has 0 aliphatic heterocycles. The normalized spacial score (nSPS) is 9.13. The maximum absolute atomic E-state index is 10.4. The number of hydrogen-bond acceptors (Lipinski definition) is 4. The molecular formula is C16H16O6Zn. The van der Waals surface area contributed by atoms with Gasteiger partial charge in [-0.05, 0) is 37.1 Å². The Morgan fingerprint density at radius 3 is 1.26 bits per heavy atom. The van der Waals surface area contributed by atoms with Crippen LogP contribution in [0.2, 0.25) is 0 Å². The smallest absolute Gasteiger partial charge is 0.339 e. The second-order valence-electron chi connectivity index (χ2n) is 4.55. The molecule has 2 aromatic rings. The molecule has 0 atom stereocenters. The first kappa shape index (κ1) is 20.6. The van der Waals surface area contributed by atoms with Gasteiger partial charge in [0.15, 0.2) is 0 Å². The number of benzene rings is 2. The second-order valence-corrected chi connectivity index (χ2v) is 4.55. The molecule has 0 heterocycles. The first-order valence-electron chi connectivity index (χ1n) is 6.29. The van der Waals surface area contributed by atoms with Crippen molar-refractivity contribution in [1.29, 1.82) is 0 Å². The van der Waals surface area contributed by atoms with E-state index in [-0.39, 0.29) is 42.1 Å². The van der Waals surface area contributed by atoms with E-state index in [1.54, 1.807) is 38.1 Å². The Kier molecular flexibility index (Phi) is 7.98. The van der Waals surface area contributed by atoms with E-state index in [2.05, 4.69) is 0 Å². The fourth-order valence-electron chi connectivity index (χ4n) is 1.66. The Morgan fingerprint density at radius 1 is 0.739 bits per heavy atom. The van der Waals surface area contributed by atoms with Gasteiger partial charge in [-0.15, -0.1) is 0 Å². The van der Waals surface area contributed by atoms with Crippen LogP contribution >= 0.6 is 0 Å². The van der Waals surface area contributed by atoms with Gasteiger partial charge in [-0.2, -0.15) is 0 Å². The van der Waals surface area contributed by atoms with E-state index < -0.39 is 11.9 Å². The van der Waals surface area contributed by atoms with Gasteiger partial charge in [0.05, 0.1) is 0 Å². The van der Waals surface area contributed by atoms with Crippen LogP contribution in [0.5, 0.6) is 11.5 Å². The van der Waals surface area contributed by atoms with Gasteiger partial charge in [-0.3, -0.25) is 0 Å². The number of aromatic hydroxyl groups is 2. The molecule has 0 spiro atoms. The predicted molar refractivity (Wildman–Crippen MR) is 79.6 cm³/mol. The summed E-state index contributed by atoms with van der Waals surface area (Å²) in [5.41, 5.74) is 1.05. The molecule has 0 aromatic heterocycles. The largest absolute Gasteiger partial charge is 0.507 e. The van der Waals surface area contributed by atoms with Crippen molar-refractivity contribution in [2.24, 2.45) is 0 Å². The summed E-state index contributed by atoms with van der Waals surface area (Å²) in [4.78, 5) is 20.8. The number of para-hydroxylation sites is 2. The van der Waals surface area contributed by atoms with E-state index in [0.29, 0.717) is 11.1 Å². The van der Waals surface area contributed by atoms with Gasteiger partial charge in [0.1, 0.15) is 22.6 Å². The zero-order chi connectivity index (χ0) is 16.9.